The molecule has 0 spiro atoms. The Hall–Kier alpha value is -2.97. The van der Waals surface area contributed by atoms with Crippen LogP contribution in [0.4, 0.5) is 14.5 Å². The van der Waals surface area contributed by atoms with E-state index < -0.39 is 22.3 Å². The van der Waals surface area contributed by atoms with Gasteiger partial charge in [0, 0.05) is 17.3 Å². The molecule has 1 fully saturated rings. The second-order valence-corrected chi connectivity index (χ2v) is 12.3. The summed E-state index contributed by atoms with van der Waals surface area (Å²) >= 11 is 11.8. The summed E-state index contributed by atoms with van der Waals surface area (Å²) < 4.78 is 52.8. The van der Waals surface area contributed by atoms with Crippen LogP contribution in [0.2, 0.25) is 10.0 Å². The molecule has 0 aliphatic heterocycles. The number of fused-ring (bicyclic) bond motifs is 1. The van der Waals surface area contributed by atoms with Crippen LogP contribution >= 0.6 is 23.2 Å². The number of hydrogen-bond acceptors (Lipinski definition) is 6. The van der Waals surface area contributed by atoms with Gasteiger partial charge in [-0.2, -0.15) is 13.5 Å². The van der Waals surface area contributed by atoms with Crippen molar-refractivity contribution in [2.24, 2.45) is 0 Å². The zero-order chi connectivity index (χ0) is 29.4. The number of alkyl halides is 2. The first-order valence-electron chi connectivity index (χ1n) is 12.6. The van der Waals surface area contributed by atoms with Crippen molar-refractivity contribution < 1.29 is 17.2 Å². The van der Waals surface area contributed by atoms with Gasteiger partial charge in [0.2, 0.25) is 10.0 Å². The van der Waals surface area contributed by atoms with Crippen LogP contribution in [0.5, 0.6) is 0 Å². The summed E-state index contributed by atoms with van der Waals surface area (Å²) in [7, 11) is -3.65. The highest BCUT2D eigenvalue weighted by atomic mass is 35.5. The third-order valence-electron chi connectivity index (χ3n) is 6.85. The van der Waals surface area contributed by atoms with Crippen LogP contribution in [0.15, 0.2) is 26.5 Å². The summed E-state index contributed by atoms with van der Waals surface area (Å²) in [6.45, 7) is -1.85. The first-order chi connectivity index (χ1) is 18.8. The topological polar surface area (TPSA) is 141 Å². The maximum Gasteiger partial charge on any atom is 0.355 e. The Morgan fingerprint density at radius 2 is 1.73 bits per heavy atom. The number of benzene rings is 1. The predicted octanol–water partition coefficient (Wildman–Crippen LogP) is 3.95. The van der Waals surface area contributed by atoms with Crippen LogP contribution in [0, 0.1) is 6.92 Å². The first-order valence-corrected chi connectivity index (χ1v) is 15.2. The van der Waals surface area contributed by atoms with E-state index in [0.29, 0.717) is 4.68 Å². The van der Waals surface area contributed by atoms with E-state index in [2.05, 4.69) is 14.8 Å². The van der Waals surface area contributed by atoms with E-state index in [1.54, 1.807) is 0 Å². The van der Waals surface area contributed by atoms with Gasteiger partial charge < -0.3 is 4.98 Å². The molecule has 0 unspecified atom stereocenters. The molecule has 2 aliphatic carbocycles. The van der Waals surface area contributed by atoms with Crippen molar-refractivity contribution in [1.82, 2.24) is 23.9 Å². The molecular formula is C24H28Cl2F2N6O5S. The fraction of sp³-hybridized carbons (Fsp3) is 0.500. The summed E-state index contributed by atoms with van der Waals surface area (Å²) in [6.07, 6.45) is 9.02. The van der Waals surface area contributed by atoms with Gasteiger partial charge in [0.25, 0.3) is 5.56 Å². The number of aromatic nitrogens is 5. The number of halogens is 4. The Morgan fingerprint density at radius 1 is 1.05 bits per heavy atom. The van der Waals surface area contributed by atoms with Gasteiger partial charge in [0.1, 0.15) is 5.82 Å². The molecule has 2 aliphatic rings. The molecule has 5 rings (SSSR count). The third kappa shape index (κ3) is 6.33. The van der Waals surface area contributed by atoms with Gasteiger partial charge in [-0.05, 0) is 51.2 Å². The predicted molar refractivity (Wildman–Crippen MR) is 148 cm³/mol. The SMILES string of the molecule is Cc1nn(-c2cc(NS(C)(=O)=O)c(Cl)cc2Cl)c(=O)n1C(F)F.O=c1[nH]c2c(c(=O)n1C1CCCCC1)CCC2. The van der Waals surface area contributed by atoms with Gasteiger partial charge in [0.05, 0.1) is 27.7 Å². The van der Waals surface area contributed by atoms with Crippen molar-refractivity contribution in [3.05, 3.63) is 70.6 Å². The summed E-state index contributed by atoms with van der Waals surface area (Å²) in [6, 6.07) is 2.44. The molecule has 218 valence electrons. The molecule has 2 N–H and O–H groups in total. The minimum atomic E-state index is -3.65. The number of H-pyrrole nitrogens is 1. The number of aromatic amines is 1. The van der Waals surface area contributed by atoms with E-state index in [1.165, 1.54) is 24.0 Å². The lowest BCUT2D eigenvalue weighted by molar-refractivity contribution is 0.0640. The maximum atomic E-state index is 12.8. The summed E-state index contributed by atoms with van der Waals surface area (Å²) in [4.78, 5) is 39.3. The molecule has 1 saturated carbocycles. The number of nitrogens with zero attached hydrogens (tertiary/aromatic N) is 4. The van der Waals surface area contributed by atoms with Crippen molar-refractivity contribution in [1.29, 1.82) is 0 Å². The fourth-order valence-corrected chi connectivity index (χ4v) is 6.19. The number of hydrogen-bond donors (Lipinski definition) is 2. The Labute approximate surface area is 237 Å². The number of rotatable bonds is 5. The number of anilines is 1. The monoisotopic (exact) mass is 620 g/mol. The third-order valence-corrected chi connectivity index (χ3v) is 8.05. The molecule has 2 aromatic heterocycles. The average Bonchev–Trinajstić information content (AvgIpc) is 3.45. The van der Waals surface area contributed by atoms with Crippen LogP contribution in [-0.2, 0) is 22.9 Å². The minimum Gasteiger partial charge on any atom is -0.311 e. The Bertz CT molecular complexity index is 1710. The van der Waals surface area contributed by atoms with Crippen LogP contribution in [0.1, 0.15) is 68.2 Å². The molecule has 11 nitrogen and oxygen atoms in total. The van der Waals surface area contributed by atoms with E-state index in [1.807, 2.05) is 0 Å². The van der Waals surface area contributed by atoms with Crippen molar-refractivity contribution >= 4 is 38.9 Å². The van der Waals surface area contributed by atoms with Gasteiger partial charge in [0.15, 0.2) is 0 Å². The van der Waals surface area contributed by atoms with E-state index in [9.17, 15) is 31.6 Å². The zero-order valence-corrected chi connectivity index (χ0v) is 24.0. The normalized spacial score (nSPS) is 15.6. The maximum absolute atomic E-state index is 12.8. The van der Waals surface area contributed by atoms with Gasteiger partial charge in [-0.25, -0.2) is 22.6 Å². The number of aryl methyl sites for hydroxylation is 2. The highest BCUT2D eigenvalue weighted by molar-refractivity contribution is 7.92. The van der Waals surface area contributed by atoms with Crippen LogP contribution < -0.4 is 21.7 Å². The summed E-state index contributed by atoms with van der Waals surface area (Å²) in [5, 5.41) is 3.63. The molecule has 0 amide bonds. The number of nitrogens with one attached hydrogen (secondary N) is 2. The molecule has 0 radical (unpaired) electrons. The van der Waals surface area contributed by atoms with E-state index in [0.717, 1.165) is 68.5 Å². The molecule has 0 atom stereocenters. The number of sulfonamides is 1. The van der Waals surface area contributed by atoms with Gasteiger partial charge in [-0.15, -0.1) is 5.10 Å². The molecule has 16 heteroatoms. The van der Waals surface area contributed by atoms with E-state index in [-0.39, 0.29) is 49.1 Å². The highest BCUT2D eigenvalue weighted by Crippen LogP contribution is 2.31. The van der Waals surface area contributed by atoms with Crippen LogP contribution in [0.3, 0.4) is 0 Å². The Balaban J connectivity index is 0.000000192. The van der Waals surface area contributed by atoms with Crippen molar-refractivity contribution in [2.45, 2.75) is 70.9 Å². The lowest BCUT2D eigenvalue weighted by atomic mass is 9.95. The standard InChI is InChI=1S/C13H18N2O2.C11H10Cl2F2N4O3S/c16-12-10-7-4-8-11(10)14-13(17)15(12)9-5-2-1-3-6-9;1-5-16-19(11(20)18(5)10(14)15)9-4-8(17-23(2,21)22)6(12)3-7(9)13/h9H,1-8H2,(H,14,17);3-4,10,17H,1-2H3. The molecule has 3 aromatic rings. The first kappa shape index (κ1) is 30.0. The van der Waals surface area contributed by atoms with Crippen molar-refractivity contribution in [2.75, 3.05) is 11.0 Å². The lowest BCUT2D eigenvalue weighted by Gasteiger charge is -2.23. The quantitative estimate of drug-likeness (QED) is 0.442. The summed E-state index contributed by atoms with van der Waals surface area (Å²) in [5.41, 5.74) is 0.254. The zero-order valence-electron chi connectivity index (χ0n) is 21.7. The fourth-order valence-electron chi connectivity index (χ4n) is 5.05. The second kappa shape index (κ2) is 11.9. The lowest BCUT2D eigenvalue weighted by Crippen LogP contribution is -2.40. The Morgan fingerprint density at radius 3 is 2.33 bits per heavy atom. The van der Waals surface area contributed by atoms with Gasteiger partial charge >= 0.3 is 17.9 Å². The molecule has 1 aromatic carbocycles. The van der Waals surface area contributed by atoms with E-state index in [4.69, 9.17) is 23.2 Å². The largest absolute Gasteiger partial charge is 0.355 e. The Kier molecular flexibility index (Phi) is 8.90. The summed E-state index contributed by atoms with van der Waals surface area (Å²) in [5.74, 6) is -0.228. The minimum absolute atomic E-state index is 0.0202. The van der Waals surface area contributed by atoms with Crippen LogP contribution in [-0.4, -0.2) is 38.6 Å². The molecule has 2 heterocycles. The van der Waals surface area contributed by atoms with Crippen molar-refractivity contribution in [3.63, 3.8) is 0 Å². The van der Waals surface area contributed by atoms with Gasteiger partial charge in [-0.1, -0.05) is 42.5 Å². The molecule has 40 heavy (non-hydrogen) atoms. The smallest absolute Gasteiger partial charge is 0.311 e. The second-order valence-electron chi connectivity index (χ2n) is 9.75. The van der Waals surface area contributed by atoms with Crippen LogP contribution in [0.25, 0.3) is 5.69 Å². The van der Waals surface area contributed by atoms with Crippen molar-refractivity contribution in [3.8, 4) is 5.69 Å². The average molecular weight is 621 g/mol. The van der Waals surface area contributed by atoms with E-state index >= 15 is 0 Å². The highest BCUT2D eigenvalue weighted by Gasteiger charge is 2.24. The van der Waals surface area contributed by atoms with Gasteiger partial charge in [-0.3, -0.25) is 14.1 Å². The molecule has 0 saturated heterocycles. The molecular weight excluding hydrogens is 593 g/mol. The molecule has 0 bridgehead atoms.